The molecule has 4 aromatic carbocycles. The van der Waals surface area contributed by atoms with E-state index in [0.717, 1.165) is 56.5 Å². The van der Waals surface area contributed by atoms with Crippen LogP contribution in [0.5, 0.6) is 11.5 Å². The van der Waals surface area contributed by atoms with Gasteiger partial charge in [0.05, 0.1) is 24.6 Å². The van der Waals surface area contributed by atoms with E-state index in [1.807, 2.05) is 50.2 Å². The summed E-state index contributed by atoms with van der Waals surface area (Å²) >= 11 is 0. The van der Waals surface area contributed by atoms with E-state index in [1.54, 1.807) is 0 Å². The standard InChI is InChI=1S/C35H34N2O2/c1-5-38-34-13-9-7-11-29(34)32-22-27(23-33(37-32)30-12-8-10-14-35(30)39-6-2)26-16-18-28(19-17-26)36-31-20-15-24(3)21-25(31)4/h7-23,36H,5-6H2,1-4H3. The molecule has 0 saturated heterocycles. The Bertz CT molecular complexity index is 1510. The van der Waals surface area contributed by atoms with E-state index in [0.29, 0.717) is 13.2 Å². The molecule has 4 heteroatoms. The highest BCUT2D eigenvalue weighted by molar-refractivity contribution is 5.81. The molecule has 5 aromatic rings. The van der Waals surface area contributed by atoms with E-state index in [4.69, 9.17) is 14.5 Å². The molecule has 0 spiro atoms. The lowest BCUT2D eigenvalue weighted by atomic mass is 9.99. The minimum absolute atomic E-state index is 0.589. The average Bonchev–Trinajstić information content (AvgIpc) is 2.96. The highest BCUT2D eigenvalue weighted by Gasteiger charge is 2.15. The van der Waals surface area contributed by atoms with Crippen molar-refractivity contribution in [3.63, 3.8) is 0 Å². The zero-order chi connectivity index (χ0) is 27.2. The molecule has 0 bridgehead atoms. The van der Waals surface area contributed by atoms with Gasteiger partial charge in [-0.25, -0.2) is 4.98 Å². The number of aryl methyl sites for hydroxylation is 2. The molecular weight excluding hydrogens is 480 g/mol. The van der Waals surface area contributed by atoms with Gasteiger partial charge in [0.2, 0.25) is 0 Å². The first-order valence-corrected chi connectivity index (χ1v) is 13.5. The van der Waals surface area contributed by atoms with Crippen molar-refractivity contribution in [3.05, 3.63) is 114 Å². The van der Waals surface area contributed by atoms with Crippen molar-refractivity contribution >= 4 is 11.4 Å². The first-order chi connectivity index (χ1) is 19.1. The predicted molar refractivity (Wildman–Crippen MR) is 162 cm³/mol. The molecule has 5 rings (SSSR count). The molecular formula is C35H34N2O2. The zero-order valence-corrected chi connectivity index (χ0v) is 23.0. The number of hydrogen-bond acceptors (Lipinski definition) is 4. The summed E-state index contributed by atoms with van der Waals surface area (Å²) in [7, 11) is 0. The van der Waals surface area contributed by atoms with Crippen molar-refractivity contribution in [1.29, 1.82) is 0 Å². The molecule has 196 valence electrons. The number of nitrogens with one attached hydrogen (secondary N) is 1. The smallest absolute Gasteiger partial charge is 0.128 e. The summed E-state index contributed by atoms with van der Waals surface area (Å²) in [5.41, 5.74) is 10.5. The lowest BCUT2D eigenvalue weighted by Crippen LogP contribution is -1.98. The van der Waals surface area contributed by atoms with E-state index >= 15 is 0 Å². The van der Waals surface area contributed by atoms with Crippen LogP contribution in [0.2, 0.25) is 0 Å². The van der Waals surface area contributed by atoms with Crippen LogP contribution in [0.15, 0.2) is 103 Å². The van der Waals surface area contributed by atoms with Crippen LogP contribution in [-0.2, 0) is 0 Å². The highest BCUT2D eigenvalue weighted by atomic mass is 16.5. The fraction of sp³-hybridized carbons (Fsp3) is 0.171. The lowest BCUT2D eigenvalue weighted by Gasteiger charge is -2.15. The molecule has 0 saturated carbocycles. The second-order valence-corrected chi connectivity index (χ2v) is 9.51. The fourth-order valence-corrected chi connectivity index (χ4v) is 4.75. The van der Waals surface area contributed by atoms with Gasteiger partial charge >= 0.3 is 0 Å². The Hall–Kier alpha value is -4.57. The van der Waals surface area contributed by atoms with Crippen LogP contribution in [-0.4, -0.2) is 18.2 Å². The SMILES string of the molecule is CCOc1ccccc1-c1cc(-c2ccc(Nc3ccc(C)cc3C)cc2)cc(-c2ccccc2OCC)n1. The van der Waals surface area contributed by atoms with Crippen LogP contribution in [0.4, 0.5) is 11.4 Å². The lowest BCUT2D eigenvalue weighted by molar-refractivity contribution is 0.341. The molecule has 1 aromatic heterocycles. The highest BCUT2D eigenvalue weighted by Crippen LogP contribution is 2.37. The summed E-state index contributed by atoms with van der Waals surface area (Å²) in [4.78, 5) is 5.10. The molecule has 0 aliphatic heterocycles. The van der Waals surface area contributed by atoms with Crippen molar-refractivity contribution in [3.8, 4) is 45.1 Å². The number of ether oxygens (including phenoxy) is 2. The molecule has 0 atom stereocenters. The summed E-state index contributed by atoms with van der Waals surface area (Å²) in [5, 5.41) is 3.55. The Morgan fingerprint density at radius 1 is 0.615 bits per heavy atom. The van der Waals surface area contributed by atoms with Gasteiger partial charge in [-0.2, -0.15) is 0 Å². The van der Waals surface area contributed by atoms with E-state index < -0.39 is 0 Å². The van der Waals surface area contributed by atoms with Crippen LogP contribution in [0.3, 0.4) is 0 Å². The first kappa shape index (κ1) is 26.1. The van der Waals surface area contributed by atoms with E-state index in [-0.39, 0.29) is 0 Å². The Morgan fingerprint density at radius 2 is 1.18 bits per heavy atom. The van der Waals surface area contributed by atoms with Crippen LogP contribution in [0.1, 0.15) is 25.0 Å². The van der Waals surface area contributed by atoms with Gasteiger partial charge in [-0.1, -0.05) is 54.1 Å². The predicted octanol–water partition coefficient (Wildman–Crippen LogP) is 9.24. The molecule has 0 unspecified atom stereocenters. The minimum Gasteiger partial charge on any atom is -0.493 e. The summed E-state index contributed by atoms with van der Waals surface area (Å²) < 4.78 is 11.9. The molecule has 39 heavy (non-hydrogen) atoms. The van der Waals surface area contributed by atoms with Gasteiger partial charge in [-0.3, -0.25) is 0 Å². The summed E-state index contributed by atoms with van der Waals surface area (Å²) in [6.07, 6.45) is 0. The number of hydrogen-bond donors (Lipinski definition) is 1. The largest absolute Gasteiger partial charge is 0.493 e. The van der Waals surface area contributed by atoms with Gasteiger partial charge in [0, 0.05) is 22.5 Å². The second kappa shape index (κ2) is 11.9. The number of rotatable bonds is 9. The number of pyridine rings is 1. The van der Waals surface area contributed by atoms with Gasteiger partial charge in [0.1, 0.15) is 11.5 Å². The molecule has 0 aliphatic rings. The second-order valence-electron chi connectivity index (χ2n) is 9.51. The number of aromatic nitrogens is 1. The molecule has 0 radical (unpaired) electrons. The van der Waals surface area contributed by atoms with Crippen LogP contribution in [0, 0.1) is 13.8 Å². The zero-order valence-electron chi connectivity index (χ0n) is 23.0. The maximum absolute atomic E-state index is 5.96. The Balaban J connectivity index is 1.58. The average molecular weight is 515 g/mol. The molecule has 0 aliphatic carbocycles. The van der Waals surface area contributed by atoms with Gasteiger partial charge in [0.15, 0.2) is 0 Å². The van der Waals surface area contributed by atoms with Crippen LogP contribution >= 0.6 is 0 Å². The Kier molecular flexibility index (Phi) is 7.93. The molecule has 0 amide bonds. The van der Waals surface area contributed by atoms with E-state index in [1.165, 1.54) is 11.1 Å². The third kappa shape index (κ3) is 5.96. The summed E-state index contributed by atoms with van der Waals surface area (Å²) in [6, 6.07) is 35.4. The van der Waals surface area contributed by atoms with Gasteiger partial charge in [-0.05, 0) is 99.0 Å². The van der Waals surface area contributed by atoms with Gasteiger partial charge in [-0.15, -0.1) is 0 Å². The first-order valence-electron chi connectivity index (χ1n) is 13.5. The molecule has 0 fully saturated rings. The Labute approximate surface area is 231 Å². The quantitative estimate of drug-likeness (QED) is 0.213. The van der Waals surface area contributed by atoms with Gasteiger partial charge < -0.3 is 14.8 Å². The van der Waals surface area contributed by atoms with Crippen LogP contribution in [0.25, 0.3) is 33.6 Å². The number of anilines is 2. The topological polar surface area (TPSA) is 43.4 Å². The monoisotopic (exact) mass is 514 g/mol. The molecule has 4 nitrogen and oxygen atoms in total. The maximum atomic E-state index is 5.96. The van der Waals surface area contributed by atoms with E-state index in [9.17, 15) is 0 Å². The van der Waals surface area contributed by atoms with Crippen molar-refractivity contribution in [1.82, 2.24) is 4.98 Å². The third-order valence-corrected chi connectivity index (χ3v) is 6.63. The van der Waals surface area contributed by atoms with Crippen molar-refractivity contribution in [2.75, 3.05) is 18.5 Å². The van der Waals surface area contributed by atoms with E-state index in [2.05, 4.69) is 85.9 Å². The summed E-state index contributed by atoms with van der Waals surface area (Å²) in [5.74, 6) is 1.64. The van der Waals surface area contributed by atoms with Crippen molar-refractivity contribution < 1.29 is 9.47 Å². The minimum atomic E-state index is 0.589. The normalized spacial score (nSPS) is 10.8. The summed E-state index contributed by atoms with van der Waals surface area (Å²) in [6.45, 7) is 9.42. The molecule has 1 heterocycles. The third-order valence-electron chi connectivity index (χ3n) is 6.63. The van der Waals surface area contributed by atoms with Crippen molar-refractivity contribution in [2.45, 2.75) is 27.7 Å². The fourth-order valence-electron chi connectivity index (χ4n) is 4.75. The number of nitrogens with zero attached hydrogens (tertiary/aromatic N) is 1. The maximum Gasteiger partial charge on any atom is 0.128 e. The number of para-hydroxylation sites is 2. The van der Waals surface area contributed by atoms with Crippen molar-refractivity contribution in [2.24, 2.45) is 0 Å². The Morgan fingerprint density at radius 3 is 1.72 bits per heavy atom. The molecule has 1 N–H and O–H groups in total. The number of benzene rings is 4. The van der Waals surface area contributed by atoms with Gasteiger partial charge in [0.25, 0.3) is 0 Å². The van der Waals surface area contributed by atoms with Crippen LogP contribution < -0.4 is 14.8 Å².